The Kier molecular flexibility index (Phi) is 4.40. The summed E-state index contributed by atoms with van der Waals surface area (Å²) in [4.78, 5) is 0. The summed E-state index contributed by atoms with van der Waals surface area (Å²) in [6.07, 6.45) is 0.932. The fraction of sp³-hybridized carbons (Fsp3) is 0.200. The zero-order valence-corrected chi connectivity index (χ0v) is 13.0. The molecule has 2 heteroatoms. The maximum absolute atomic E-state index is 5.63. The predicted molar refractivity (Wildman–Crippen MR) is 92.4 cm³/mol. The molecular weight excluding hydrogens is 270 g/mol. The largest absolute Gasteiger partial charge is 0.496 e. The molecule has 0 fully saturated rings. The first-order valence-electron chi connectivity index (χ1n) is 7.60. The molecule has 3 aromatic carbocycles. The van der Waals surface area contributed by atoms with Crippen LogP contribution in [-0.4, -0.2) is 14.2 Å². The number of ether oxygens (including phenoxy) is 1. The third-order valence-electron chi connectivity index (χ3n) is 4.13. The average Bonchev–Trinajstić information content (AvgIpc) is 2.59. The van der Waals surface area contributed by atoms with Crippen molar-refractivity contribution in [2.75, 3.05) is 14.2 Å². The summed E-state index contributed by atoms with van der Waals surface area (Å²) in [6.45, 7) is 0. The summed E-state index contributed by atoms with van der Waals surface area (Å²) in [5, 5.41) is 5.94. The Bertz CT molecular complexity index is 752. The normalized spacial score (nSPS) is 12.3. The summed E-state index contributed by atoms with van der Waals surface area (Å²) >= 11 is 0. The molecule has 2 nitrogen and oxygen atoms in total. The summed E-state index contributed by atoms with van der Waals surface area (Å²) in [5.41, 5.74) is 2.55. The minimum absolute atomic E-state index is 0.212. The Labute approximate surface area is 131 Å². The van der Waals surface area contributed by atoms with Crippen LogP contribution in [0.3, 0.4) is 0 Å². The first kappa shape index (κ1) is 14.6. The molecule has 0 saturated carbocycles. The van der Waals surface area contributed by atoms with Gasteiger partial charge >= 0.3 is 0 Å². The van der Waals surface area contributed by atoms with Crippen LogP contribution in [0.15, 0.2) is 66.7 Å². The van der Waals surface area contributed by atoms with Gasteiger partial charge in [0.25, 0.3) is 0 Å². The highest BCUT2D eigenvalue weighted by Crippen LogP contribution is 2.34. The van der Waals surface area contributed by atoms with Gasteiger partial charge in [-0.05, 0) is 35.9 Å². The van der Waals surface area contributed by atoms with Crippen molar-refractivity contribution in [1.29, 1.82) is 0 Å². The van der Waals surface area contributed by atoms with Gasteiger partial charge in [-0.25, -0.2) is 0 Å². The van der Waals surface area contributed by atoms with Gasteiger partial charge in [0, 0.05) is 11.6 Å². The molecule has 0 aromatic heterocycles. The molecule has 0 unspecified atom stereocenters. The van der Waals surface area contributed by atoms with E-state index in [9.17, 15) is 0 Å². The predicted octanol–water partition coefficient (Wildman–Crippen LogP) is 4.35. The van der Waals surface area contributed by atoms with Crippen LogP contribution >= 0.6 is 0 Å². The van der Waals surface area contributed by atoms with Crippen LogP contribution in [0.5, 0.6) is 5.75 Å². The molecule has 1 atom stereocenters. The van der Waals surface area contributed by atoms with Crippen molar-refractivity contribution in [2.45, 2.75) is 12.5 Å². The van der Waals surface area contributed by atoms with Crippen molar-refractivity contribution >= 4 is 10.8 Å². The molecule has 0 aliphatic carbocycles. The molecule has 0 spiro atoms. The van der Waals surface area contributed by atoms with Crippen LogP contribution in [0.2, 0.25) is 0 Å². The Morgan fingerprint density at radius 3 is 2.36 bits per heavy atom. The Hall–Kier alpha value is -2.32. The minimum atomic E-state index is 0.212. The number of methoxy groups -OCH3 is 1. The molecule has 0 bridgehead atoms. The molecule has 3 aromatic rings. The van der Waals surface area contributed by atoms with Crippen molar-refractivity contribution < 1.29 is 4.74 Å². The van der Waals surface area contributed by atoms with Crippen molar-refractivity contribution in [3.8, 4) is 5.75 Å². The van der Waals surface area contributed by atoms with E-state index < -0.39 is 0 Å². The second-order valence-corrected chi connectivity index (χ2v) is 5.43. The lowest BCUT2D eigenvalue weighted by molar-refractivity contribution is 0.402. The van der Waals surface area contributed by atoms with E-state index in [1.807, 2.05) is 7.05 Å². The second-order valence-electron chi connectivity index (χ2n) is 5.43. The van der Waals surface area contributed by atoms with Crippen molar-refractivity contribution in [1.82, 2.24) is 5.32 Å². The van der Waals surface area contributed by atoms with Gasteiger partial charge in [-0.1, -0.05) is 60.7 Å². The summed E-state index contributed by atoms with van der Waals surface area (Å²) in [5.74, 6) is 0.939. The van der Waals surface area contributed by atoms with Gasteiger partial charge < -0.3 is 10.1 Å². The van der Waals surface area contributed by atoms with E-state index in [2.05, 4.69) is 72.0 Å². The molecule has 0 amide bonds. The standard InChI is InChI=1S/C20H21NO/c1-21-18(14-15-8-4-3-5-9-15)20-17-11-7-6-10-16(17)12-13-19(20)22-2/h3-13,18,21H,14H2,1-2H3/t18-/m1/s1. The van der Waals surface area contributed by atoms with E-state index in [0.717, 1.165) is 12.2 Å². The van der Waals surface area contributed by atoms with E-state index in [4.69, 9.17) is 4.74 Å². The number of nitrogens with one attached hydrogen (secondary N) is 1. The molecule has 0 radical (unpaired) electrons. The minimum Gasteiger partial charge on any atom is -0.496 e. The first-order valence-corrected chi connectivity index (χ1v) is 7.60. The van der Waals surface area contributed by atoms with E-state index in [1.165, 1.54) is 21.9 Å². The molecule has 22 heavy (non-hydrogen) atoms. The van der Waals surface area contributed by atoms with E-state index in [0.29, 0.717) is 0 Å². The lowest BCUT2D eigenvalue weighted by Gasteiger charge is -2.21. The summed E-state index contributed by atoms with van der Waals surface area (Å²) in [6, 6.07) is 23.4. The van der Waals surface area contributed by atoms with Crippen LogP contribution in [0.1, 0.15) is 17.2 Å². The highest BCUT2D eigenvalue weighted by Gasteiger charge is 2.18. The van der Waals surface area contributed by atoms with Gasteiger partial charge in [0.05, 0.1) is 7.11 Å². The Morgan fingerprint density at radius 1 is 0.909 bits per heavy atom. The molecule has 0 aliphatic heterocycles. The summed E-state index contributed by atoms with van der Waals surface area (Å²) in [7, 11) is 3.75. The SMILES string of the molecule is CN[C@H](Cc1ccccc1)c1c(OC)ccc2ccccc12. The van der Waals surface area contributed by atoms with Crippen LogP contribution in [0.25, 0.3) is 10.8 Å². The molecule has 1 N–H and O–H groups in total. The molecular formula is C20H21NO. The van der Waals surface area contributed by atoms with E-state index in [1.54, 1.807) is 7.11 Å². The van der Waals surface area contributed by atoms with Gasteiger partial charge in [0.2, 0.25) is 0 Å². The van der Waals surface area contributed by atoms with Crippen molar-refractivity contribution in [3.05, 3.63) is 77.9 Å². The van der Waals surface area contributed by atoms with Crippen LogP contribution in [-0.2, 0) is 6.42 Å². The van der Waals surface area contributed by atoms with E-state index >= 15 is 0 Å². The smallest absolute Gasteiger partial charge is 0.124 e. The topological polar surface area (TPSA) is 21.3 Å². The quantitative estimate of drug-likeness (QED) is 0.754. The van der Waals surface area contributed by atoms with Crippen LogP contribution < -0.4 is 10.1 Å². The van der Waals surface area contributed by atoms with E-state index in [-0.39, 0.29) is 6.04 Å². The molecule has 0 aliphatic rings. The lowest BCUT2D eigenvalue weighted by atomic mass is 9.93. The maximum atomic E-state index is 5.63. The fourth-order valence-corrected chi connectivity index (χ4v) is 3.01. The Balaban J connectivity index is 2.09. The van der Waals surface area contributed by atoms with Crippen LogP contribution in [0, 0.1) is 0 Å². The number of likely N-dealkylation sites (N-methyl/N-ethyl adjacent to an activating group) is 1. The molecule has 3 rings (SSSR count). The van der Waals surface area contributed by atoms with Gasteiger partial charge in [-0.3, -0.25) is 0 Å². The van der Waals surface area contributed by atoms with Crippen molar-refractivity contribution in [3.63, 3.8) is 0 Å². The molecule has 0 heterocycles. The number of rotatable bonds is 5. The highest BCUT2D eigenvalue weighted by molar-refractivity contribution is 5.88. The number of hydrogen-bond donors (Lipinski definition) is 1. The first-order chi connectivity index (χ1) is 10.8. The van der Waals surface area contributed by atoms with Gasteiger partial charge in [0.1, 0.15) is 5.75 Å². The monoisotopic (exact) mass is 291 g/mol. The number of fused-ring (bicyclic) bond motifs is 1. The lowest BCUT2D eigenvalue weighted by Crippen LogP contribution is -2.20. The third-order valence-corrected chi connectivity index (χ3v) is 4.13. The molecule has 0 saturated heterocycles. The number of benzene rings is 3. The zero-order valence-electron chi connectivity index (χ0n) is 13.0. The average molecular weight is 291 g/mol. The Morgan fingerprint density at radius 2 is 1.64 bits per heavy atom. The second kappa shape index (κ2) is 6.63. The zero-order chi connectivity index (χ0) is 15.4. The van der Waals surface area contributed by atoms with Crippen LogP contribution in [0.4, 0.5) is 0 Å². The van der Waals surface area contributed by atoms with Gasteiger partial charge in [-0.2, -0.15) is 0 Å². The van der Waals surface area contributed by atoms with Crippen molar-refractivity contribution in [2.24, 2.45) is 0 Å². The summed E-state index contributed by atoms with van der Waals surface area (Å²) < 4.78 is 5.63. The molecule has 112 valence electrons. The fourth-order valence-electron chi connectivity index (χ4n) is 3.01. The number of hydrogen-bond acceptors (Lipinski definition) is 2. The van der Waals surface area contributed by atoms with Gasteiger partial charge in [0.15, 0.2) is 0 Å². The third kappa shape index (κ3) is 2.83. The maximum Gasteiger partial charge on any atom is 0.124 e. The highest BCUT2D eigenvalue weighted by atomic mass is 16.5. The van der Waals surface area contributed by atoms with Gasteiger partial charge in [-0.15, -0.1) is 0 Å².